The van der Waals surface area contributed by atoms with Crippen molar-refractivity contribution in [3.8, 4) is 11.5 Å². The molecule has 0 atom stereocenters. The van der Waals surface area contributed by atoms with E-state index in [1.807, 2.05) is 13.8 Å². The van der Waals surface area contributed by atoms with Gasteiger partial charge in [0.1, 0.15) is 5.75 Å². The molecule has 0 unspecified atom stereocenters. The Morgan fingerprint density at radius 3 is 2.85 bits per heavy atom. The molecule has 0 aliphatic rings. The van der Waals surface area contributed by atoms with Crippen molar-refractivity contribution >= 4 is 17.4 Å². The first-order valence-electron chi connectivity index (χ1n) is 6.00. The second kappa shape index (κ2) is 5.83. The minimum absolute atomic E-state index is 0.0706. The Morgan fingerprint density at radius 2 is 2.25 bits per heavy atom. The third-order valence-corrected chi connectivity index (χ3v) is 2.90. The van der Waals surface area contributed by atoms with E-state index < -0.39 is 0 Å². The van der Waals surface area contributed by atoms with E-state index in [1.54, 1.807) is 35.3 Å². The molecule has 6 nitrogen and oxygen atoms in total. The fraction of sp³-hybridized carbons (Fsp3) is 0.231. The van der Waals surface area contributed by atoms with Gasteiger partial charge in [-0.3, -0.25) is 4.68 Å². The third-order valence-electron chi connectivity index (χ3n) is 2.66. The molecule has 0 aliphatic heterocycles. The van der Waals surface area contributed by atoms with E-state index in [0.29, 0.717) is 22.1 Å². The van der Waals surface area contributed by atoms with Gasteiger partial charge in [0.15, 0.2) is 11.6 Å². The maximum atomic E-state index is 8.79. The van der Waals surface area contributed by atoms with Crippen molar-refractivity contribution in [3.63, 3.8) is 0 Å². The van der Waals surface area contributed by atoms with Crippen LogP contribution in [0.25, 0.3) is 0 Å². The van der Waals surface area contributed by atoms with Crippen LogP contribution in [0, 0.1) is 0 Å². The Balaban J connectivity index is 2.32. The molecule has 0 radical (unpaired) electrons. The summed E-state index contributed by atoms with van der Waals surface area (Å²) in [5.41, 5.74) is 6.03. The zero-order valence-corrected chi connectivity index (χ0v) is 11.9. The second-order valence-electron chi connectivity index (χ2n) is 4.48. The lowest BCUT2D eigenvalue weighted by Crippen LogP contribution is -2.14. The molecule has 0 bridgehead atoms. The molecule has 0 saturated carbocycles. The number of benzene rings is 1. The highest BCUT2D eigenvalue weighted by atomic mass is 35.5. The van der Waals surface area contributed by atoms with Gasteiger partial charge in [0, 0.05) is 11.1 Å². The van der Waals surface area contributed by atoms with E-state index >= 15 is 0 Å². The van der Waals surface area contributed by atoms with Crippen LogP contribution >= 0.6 is 11.6 Å². The molecular weight excluding hydrogens is 280 g/mol. The summed E-state index contributed by atoms with van der Waals surface area (Å²) in [5, 5.41) is 16.4. The Kier molecular flexibility index (Phi) is 4.14. The first kappa shape index (κ1) is 14.2. The van der Waals surface area contributed by atoms with Crippen molar-refractivity contribution < 1.29 is 9.94 Å². The van der Waals surface area contributed by atoms with Crippen LogP contribution in [0.4, 0.5) is 0 Å². The van der Waals surface area contributed by atoms with Crippen molar-refractivity contribution in [2.45, 2.75) is 19.9 Å². The minimum Gasteiger partial charge on any atom is -0.453 e. The summed E-state index contributed by atoms with van der Waals surface area (Å²) in [4.78, 5) is 0. The molecule has 20 heavy (non-hydrogen) atoms. The van der Waals surface area contributed by atoms with Gasteiger partial charge >= 0.3 is 0 Å². The first-order chi connectivity index (χ1) is 9.51. The largest absolute Gasteiger partial charge is 0.453 e. The van der Waals surface area contributed by atoms with Crippen LogP contribution in [0.2, 0.25) is 5.02 Å². The summed E-state index contributed by atoms with van der Waals surface area (Å²) >= 11 is 5.90. The fourth-order valence-electron chi connectivity index (χ4n) is 1.63. The summed E-state index contributed by atoms with van der Waals surface area (Å²) in [6.07, 6.45) is 3.37. The SMILES string of the molecule is CC(C)n1cc(Oc2ccc(Cl)cc2/C(N)=N/O)cn1. The predicted octanol–water partition coefficient (Wildman–Crippen LogP) is 3.00. The third kappa shape index (κ3) is 3.03. The molecule has 0 fully saturated rings. The Hall–Kier alpha value is -2.21. The van der Waals surface area contributed by atoms with E-state index in [9.17, 15) is 0 Å². The van der Waals surface area contributed by atoms with Crippen LogP contribution in [-0.4, -0.2) is 20.8 Å². The number of nitrogens with two attached hydrogens (primary N) is 1. The van der Waals surface area contributed by atoms with Crippen molar-refractivity contribution in [1.82, 2.24) is 9.78 Å². The number of ether oxygens (including phenoxy) is 1. The highest BCUT2D eigenvalue weighted by Crippen LogP contribution is 2.28. The molecule has 106 valence electrons. The highest BCUT2D eigenvalue weighted by molar-refractivity contribution is 6.31. The molecule has 0 spiro atoms. The number of aromatic nitrogens is 2. The average Bonchev–Trinajstić information content (AvgIpc) is 2.88. The molecule has 0 aliphatic carbocycles. The number of rotatable bonds is 4. The molecule has 1 aromatic heterocycles. The van der Waals surface area contributed by atoms with Gasteiger partial charge in [0.05, 0.1) is 18.0 Å². The zero-order chi connectivity index (χ0) is 14.7. The van der Waals surface area contributed by atoms with E-state index in [1.165, 1.54) is 0 Å². The van der Waals surface area contributed by atoms with Gasteiger partial charge in [0.25, 0.3) is 0 Å². The zero-order valence-electron chi connectivity index (χ0n) is 11.1. The Labute approximate surface area is 121 Å². The lowest BCUT2D eigenvalue weighted by Gasteiger charge is -2.09. The highest BCUT2D eigenvalue weighted by Gasteiger charge is 2.12. The quantitative estimate of drug-likeness (QED) is 0.393. The monoisotopic (exact) mass is 294 g/mol. The maximum absolute atomic E-state index is 8.79. The van der Waals surface area contributed by atoms with Gasteiger partial charge in [-0.15, -0.1) is 0 Å². The summed E-state index contributed by atoms with van der Waals surface area (Å²) in [7, 11) is 0. The van der Waals surface area contributed by atoms with Gasteiger partial charge in [-0.2, -0.15) is 5.10 Å². The first-order valence-corrected chi connectivity index (χ1v) is 6.38. The smallest absolute Gasteiger partial charge is 0.173 e. The van der Waals surface area contributed by atoms with Crippen molar-refractivity contribution in [2.75, 3.05) is 0 Å². The molecule has 0 saturated heterocycles. The average molecular weight is 295 g/mol. The normalized spacial score (nSPS) is 11.9. The number of oxime groups is 1. The topological polar surface area (TPSA) is 85.7 Å². The van der Waals surface area contributed by atoms with Crippen LogP contribution < -0.4 is 10.5 Å². The van der Waals surface area contributed by atoms with Crippen LogP contribution in [0.5, 0.6) is 11.5 Å². The summed E-state index contributed by atoms with van der Waals surface area (Å²) in [6, 6.07) is 5.13. The van der Waals surface area contributed by atoms with E-state index in [0.717, 1.165) is 0 Å². The van der Waals surface area contributed by atoms with Crippen molar-refractivity contribution in [1.29, 1.82) is 0 Å². The summed E-state index contributed by atoms with van der Waals surface area (Å²) < 4.78 is 7.48. The van der Waals surface area contributed by atoms with Crippen LogP contribution in [0.3, 0.4) is 0 Å². The number of hydrogen-bond donors (Lipinski definition) is 2. The Morgan fingerprint density at radius 1 is 1.50 bits per heavy atom. The standard InChI is InChI=1S/C13H15ClN4O2/c1-8(2)18-7-10(6-16-18)20-12-4-3-9(14)5-11(12)13(15)17-19/h3-8,19H,1-2H3,(H2,15,17). The number of hydrogen-bond acceptors (Lipinski definition) is 4. The summed E-state index contributed by atoms with van der Waals surface area (Å²) in [5.74, 6) is 0.930. The van der Waals surface area contributed by atoms with Gasteiger partial charge in [-0.05, 0) is 32.0 Å². The Bertz CT molecular complexity index is 637. The fourth-order valence-corrected chi connectivity index (χ4v) is 1.80. The van der Waals surface area contributed by atoms with Crippen LogP contribution in [-0.2, 0) is 0 Å². The molecule has 2 rings (SSSR count). The lowest BCUT2D eigenvalue weighted by atomic mass is 10.2. The second-order valence-corrected chi connectivity index (χ2v) is 4.91. The van der Waals surface area contributed by atoms with Crippen molar-refractivity contribution in [2.24, 2.45) is 10.9 Å². The molecular formula is C13H15ClN4O2. The molecule has 7 heteroatoms. The van der Waals surface area contributed by atoms with Crippen molar-refractivity contribution in [3.05, 3.63) is 41.2 Å². The lowest BCUT2D eigenvalue weighted by molar-refractivity contribution is 0.318. The number of halogens is 1. The van der Waals surface area contributed by atoms with E-state index in [-0.39, 0.29) is 11.9 Å². The van der Waals surface area contributed by atoms with Gasteiger partial charge < -0.3 is 15.7 Å². The molecule has 0 amide bonds. The molecule has 1 heterocycles. The molecule has 3 N–H and O–H groups in total. The van der Waals surface area contributed by atoms with Gasteiger partial charge in [0.2, 0.25) is 0 Å². The summed E-state index contributed by atoms with van der Waals surface area (Å²) in [6.45, 7) is 4.03. The maximum Gasteiger partial charge on any atom is 0.173 e. The van der Waals surface area contributed by atoms with E-state index in [2.05, 4.69) is 10.3 Å². The van der Waals surface area contributed by atoms with E-state index in [4.69, 9.17) is 27.3 Å². The number of amidine groups is 1. The van der Waals surface area contributed by atoms with Crippen LogP contribution in [0.15, 0.2) is 35.7 Å². The number of nitrogens with zero attached hydrogens (tertiary/aromatic N) is 3. The molecule has 1 aromatic carbocycles. The van der Waals surface area contributed by atoms with Gasteiger partial charge in [-0.1, -0.05) is 16.8 Å². The minimum atomic E-state index is -0.0706. The predicted molar refractivity (Wildman–Crippen MR) is 76.6 cm³/mol. The van der Waals surface area contributed by atoms with Crippen LogP contribution in [0.1, 0.15) is 25.5 Å². The molecule has 2 aromatic rings. The van der Waals surface area contributed by atoms with Gasteiger partial charge in [-0.25, -0.2) is 0 Å².